The quantitative estimate of drug-likeness (QED) is 0.694. The van der Waals surface area contributed by atoms with E-state index in [4.69, 9.17) is 0 Å². The molecule has 5 heteroatoms. The van der Waals surface area contributed by atoms with Crippen molar-refractivity contribution < 1.29 is 9.59 Å². The van der Waals surface area contributed by atoms with E-state index < -0.39 is 0 Å². The molecule has 3 rings (SSSR count). The van der Waals surface area contributed by atoms with Gasteiger partial charge in [0.2, 0.25) is 0 Å². The van der Waals surface area contributed by atoms with Crippen LogP contribution in [0.1, 0.15) is 31.2 Å². The fraction of sp³-hybridized carbons (Fsp3) is 0.333. The Kier molecular flexibility index (Phi) is 5.57. The molecule has 1 aromatic carbocycles. The number of carbonyl (C=O) groups excluding carboxylic acids is 2. The molecule has 0 aliphatic carbocycles. The van der Waals surface area contributed by atoms with E-state index in [9.17, 15) is 9.59 Å². The second-order valence-corrected chi connectivity index (χ2v) is 7.76. The topological polar surface area (TPSA) is 40.6 Å². The molecule has 26 heavy (non-hydrogen) atoms. The lowest BCUT2D eigenvalue weighted by Crippen LogP contribution is -2.37. The first-order chi connectivity index (χ1) is 12.5. The molecule has 0 atom stereocenters. The van der Waals surface area contributed by atoms with Crippen LogP contribution in [-0.2, 0) is 16.1 Å². The summed E-state index contributed by atoms with van der Waals surface area (Å²) in [6, 6.07) is 13.9. The number of nitrogens with zero attached hydrogens (tertiary/aromatic N) is 2. The predicted octanol–water partition coefficient (Wildman–Crippen LogP) is 4.01. The van der Waals surface area contributed by atoms with Crippen LogP contribution in [0.25, 0.3) is 5.57 Å². The van der Waals surface area contributed by atoms with Crippen LogP contribution in [0.5, 0.6) is 0 Å². The Bertz CT molecular complexity index is 810. The van der Waals surface area contributed by atoms with Gasteiger partial charge in [0.1, 0.15) is 5.70 Å². The first-order valence-corrected chi connectivity index (χ1v) is 9.84. The molecule has 0 bridgehead atoms. The maximum Gasteiger partial charge on any atom is 0.277 e. The van der Waals surface area contributed by atoms with Gasteiger partial charge in [-0.25, -0.2) is 0 Å². The zero-order valence-electron chi connectivity index (χ0n) is 15.4. The minimum Gasteiger partial charge on any atom is -0.362 e. The zero-order valence-corrected chi connectivity index (χ0v) is 16.3. The highest BCUT2D eigenvalue weighted by atomic mass is 32.1. The van der Waals surface area contributed by atoms with Crippen LogP contribution in [0, 0.1) is 5.92 Å². The Hall–Kier alpha value is -2.40. The third-order valence-electron chi connectivity index (χ3n) is 4.37. The molecule has 2 amide bonds. The van der Waals surface area contributed by atoms with Crippen LogP contribution in [0.3, 0.4) is 0 Å². The number of amides is 2. The van der Waals surface area contributed by atoms with Crippen molar-refractivity contribution in [2.75, 3.05) is 13.1 Å². The number of benzene rings is 1. The zero-order chi connectivity index (χ0) is 18.7. The summed E-state index contributed by atoms with van der Waals surface area (Å²) >= 11 is 1.50. The Morgan fingerprint density at radius 1 is 1.04 bits per heavy atom. The van der Waals surface area contributed by atoms with Crippen LogP contribution >= 0.6 is 11.3 Å². The standard InChI is InChI=1S/C21H24N2O2S/c1-4-22(14-16-9-6-5-7-10-16)19-18(17-11-8-12-26-17)20(24)23(21(19)25)13-15(2)3/h5-12,15H,4,13-14H2,1-3H3. The number of imide groups is 1. The summed E-state index contributed by atoms with van der Waals surface area (Å²) in [5, 5.41) is 1.94. The van der Waals surface area contributed by atoms with Crippen LogP contribution in [0.4, 0.5) is 0 Å². The molecule has 0 saturated carbocycles. The molecule has 0 saturated heterocycles. The Morgan fingerprint density at radius 2 is 1.77 bits per heavy atom. The molecular weight excluding hydrogens is 344 g/mol. The van der Waals surface area contributed by atoms with Gasteiger partial charge >= 0.3 is 0 Å². The van der Waals surface area contributed by atoms with Gasteiger partial charge in [-0.3, -0.25) is 14.5 Å². The summed E-state index contributed by atoms with van der Waals surface area (Å²) < 4.78 is 0. The Morgan fingerprint density at radius 3 is 2.35 bits per heavy atom. The van der Waals surface area contributed by atoms with Crippen LogP contribution in [0.15, 0.2) is 53.5 Å². The van der Waals surface area contributed by atoms with E-state index >= 15 is 0 Å². The molecule has 1 aliphatic heterocycles. The van der Waals surface area contributed by atoms with Gasteiger partial charge in [0.25, 0.3) is 11.8 Å². The van der Waals surface area contributed by atoms with Crippen LogP contribution in [-0.4, -0.2) is 34.7 Å². The maximum absolute atomic E-state index is 13.2. The summed E-state index contributed by atoms with van der Waals surface area (Å²) in [5.74, 6) is -0.117. The molecule has 136 valence electrons. The number of carbonyl (C=O) groups is 2. The highest BCUT2D eigenvalue weighted by Gasteiger charge is 2.41. The maximum atomic E-state index is 13.2. The van der Waals surface area contributed by atoms with E-state index in [-0.39, 0.29) is 17.7 Å². The van der Waals surface area contributed by atoms with Gasteiger partial charge in [-0.1, -0.05) is 50.2 Å². The van der Waals surface area contributed by atoms with Gasteiger partial charge in [0, 0.05) is 24.5 Å². The van der Waals surface area contributed by atoms with E-state index in [0.29, 0.717) is 30.9 Å². The Balaban J connectivity index is 2.03. The first-order valence-electron chi connectivity index (χ1n) is 8.96. The number of hydrogen-bond donors (Lipinski definition) is 0. The van der Waals surface area contributed by atoms with Gasteiger partial charge in [0.15, 0.2) is 0 Å². The summed E-state index contributed by atoms with van der Waals surface area (Å²) in [4.78, 5) is 30.5. The van der Waals surface area contributed by atoms with Crippen molar-refractivity contribution >= 4 is 28.7 Å². The summed E-state index contributed by atoms with van der Waals surface area (Å²) in [6.45, 7) is 7.77. The fourth-order valence-corrected chi connectivity index (χ4v) is 3.95. The molecule has 0 unspecified atom stereocenters. The van der Waals surface area contributed by atoms with Crippen molar-refractivity contribution in [3.05, 3.63) is 64.0 Å². The number of rotatable bonds is 7. The lowest BCUT2D eigenvalue weighted by atomic mass is 10.1. The van der Waals surface area contributed by atoms with Crippen molar-refractivity contribution in [1.82, 2.24) is 9.80 Å². The average molecular weight is 369 g/mol. The highest BCUT2D eigenvalue weighted by molar-refractivity contribution is 7.11. The molecule has 0 spiro atoms. The fourth-order valence-electron chi connectivity index (χ4n) is 3.18. The second kappa shape index (κ2) is 7.87. The molecule has 2 heterocycles. The first kappa shape index (κ1) is 18.4. The number of hydrogen-bond acceptors (Lipinski definition) is 4. The minimum atomic E-state index is -0.176. The smallest absolute Gasteiger partial charge is 0.277 e. The number of likely N-dealkylation sites (N-methyl/N-ethyl adjacent to an activating group) is 1. The summed E-state index contributed by atoms with van der Waals surface area (Å²) in [5.41, 5.74) is 2.20. The molecule has 0 radical (unpaired) electrons. The summed E-state index contributed by atoms with van der Waals surface area (Å²) in [7, 11) is 0. The van der Waals surface area contributed by atoms with E-state index in [2.05, 4.69) is 0 Å². The third-order valence-corrected chi connectivity index (χ3v) is 5.26. The highest BCUT2D eigenvalue weighted by Crippen LogP contribution is 2.34. The molecule has 0 N–H and O–H groups in total. The van der Waals surface area contributed by atoms with Crippen molar-refractivity contribution in [2.45, 2.75) is 27.3 Å². The predicted molar refractivity (Wildman–Crippen MR) is 105 cm³/mol. The van der Waals surface area contributed by atoms with E-state index in [1.54, 1.807) is 0 Å². The van der Waals surface area contributed by atoms with Crippen LogP contribution in [0.2, 0.25) is 0 Å². The molecular formula is C21H24N2O2S. The van der Waals surface area contributed by atoms with Crippen molar-refractivity contribution in [2.24, 2.45) is 5.92 Å². The van der Waals surface area contributed by atoms with Gasteiger partial charge in [-0.15, -0.1) is 11.3 Å². The normalized spacial score (nSPS) is 14.7. The third kappa shape index (κ3) is 3.58. The van der Waals surface area contributed by atoms with E-state index in [0.717, 1.165) is 10.4 Å². The average Bonchev–Trinajstić information content (AvgIpc) is 3.23. The van der Waals surface area contributed by atoms with Gasteiger partial charge < -0.3 is 4.90 Å². The minimum absolute atomic E-state index is 0.173. The number of thiophene rings is 1. The van der Waals surface area contributed by atoms with E-state index in [1.807, 2.05) is 73.5 Å². The van der Waals surface area contributed by atoms with Crippen molar-refractivity contribution in [3.63, 3.8) is 0 Å². The summed E-state index contributed by atoms with van der Waals surface area (Å²) in [6.07, 6.45) is 0. The molecule has 1 aliphatic rings. The molecule has 1 aromatic heterocycles. The molecule has 0 fully saturated rings. The SMILES string of the molecule is CCN(Cc1ccccc1)C1=C(c2cccs2)C(=O)N(CC(C)C)C1=O. The van der Waals surface area contributed by atoms with E-state index in [1.165, 1.54) is 16.2 Å². The van der Waals surface area contributed by atoms with Crippen molar-refractivity contribution in [3.8, 4) is 0 Å². The molecule has 4 nitrogen and oxygen atoms in total. The van der Waals surface area contributed by atoms with Crippen molar-refractivity contribution in [1.29, 1.82) is 0 Å². The lowest BCUT2D eigenvalue weighted by molar-refractivity contribution is -0.138. The van der Waals surface area contributed by atoms with Gasteiger partial charge in [0.05, 0.1) is 5.57 Å². The van der Waals surface area contributed by atoms with Gasteiger partial charge in [-0.2, -0.15) is 0 Å². The second-order valence-electron chi connectivity index (χ2n) is 6.82. The van der Waals surface area contributed by atoms with Gasteiger partial charge in [-0.05, 0) is 29.9 Å². The monoisotopic (exact) mass is 368 g/mol. The van der Waals surface area contributed by atoms with Crippen LogP contribution < -0.4 is 0 Å². The lowest BCUT2D eigenvalue weighted by Gasteiger charge is -2.25. The largest absolute Gasteiger partial charge is 0.362 e. The molecule has 2 aromatic rings. The Labute approximate surface area is 158 Å².